The topological polar surface area (TPSA) is 35.5 Å². The van der Waals surface area contributed by atoms with Crippen molar-refractivity contribution in [1.29, 1.82) is 0 Å². The summed E-state index contributed by atoms with van der Waals surface area (Å²) in [5, 5.41) is 0. The molecule has 0 fully saturated rings. The lowest BCUT2D eigenvalue weighted by atomic mass is 10.1. The second kappa shape index (κ2) is 19.9. The van der Waals surface area contributed by atoms with Gasteiger partial charge in [-0.1, -0.05) is 104 Å². The standard InChI is InChI=1S/C22H47O3P/c1-4-7-10-13-14-15-16-19-22-26(23,24-20-17-11-8-5-2)25-21-18-12-9-6-3/h4-22H2,1-3H3. The third kappa shape index (κ3) is 17.6. The molecule has 0 aromatic carbocycles. The predicted octanol–water partition coefficient (Wildman–Crippen LogP) is 8.51. The molecular weight excluding hydrogens is 343 g/mol. The largest absolute Gasteiger partial charge is 0.330 e. The molecule has 0 bridgehead atoms. The average molecular weight is 391 g/mol. The molecule has 4 heteroatoms. The fourth-order valence-corrected chi connectivity index (χ4v) is 4.83. The first kappa shape index (κ1) is 26.1. The number of unbranched alkanes of at least 4 members (excludes halogenated alkanes) is 13. The zero-order valence-corrected chi connectivity index (χ0v) is 19.0. The Hall–Kier alpha value is 0.150. The summed E-state index contributed by atoms with van der Waals surface area (Å²) in [5.74, 6) is 0. The fraction of sp³-hybridized carbons (Fsp3) is 1.00. The summed E-state index contributed by atoms with van der Waals surface area (Å²) in [7, 11) is -2.88. The molecule has 0 aromatic heterocycles. The predicted molar refractivity (Wildman–Crippen MR) is 115 cm³/mol. The van der Waals surface area contributed by atoms with Crippen LogP contribution in [0.25, 0.3) is 0 Å². The van der Waals surface area contributed by atoms with E-state index in [1.165, 1.54) is 64.2 Å². The molecule has 0 amide bonds. The van der Waals surface area contributed by atoms with Crippen molar-refractivity contribution in [2.75, 3.05) is 19.4 Å². The molecule has 0 aliphatic carbocycles. The Labute approximate surface area is 164 Å². The molecule has 26 heavy (non-hydrogen) atoms. The number of rotatable bonds is 21. The highest BCUT2D eigenvalue weighted by Crippen LogP contribution is 2.49. The van der Waals surface area contributed by atoms with Crippen LogP contribution in [0.3, 0.4) is 0 Å². The van der Waals surface area contributed by atoms with E-state index >= 15 is 0 Å². The third-order valence-electron chi connectivity index (χ3n) is 4.86. The number of hydrogen-bond acceptors (Lipinski definition) is 3. The van der Waals surface area contributed by atoms with Crippen molar-refractivity contribution in [3.05, 3.63) is 0 Å². The monoisotopic (exact) mass is 390 g/mol. The van der Waals surface area contributed by atoms with Gasteiger partial charge in [0, 0.05) is 0 Å². The van der Waals surface area contributed by atoms with E-state index in [0.717, 1.165) is 38.5 Å². The van der Waals surface area contributed by atoms with E-state index in [9.17, 15) is 4.57 Å². The van der Waals surface area contributed by atoms with Crippen molar-refractivity contribution >= 4 is 7.60 Å². The van der Waals surface area contributed by atoms with Crippen LogP contribution in [-0.4, -0.2) is 19.4 Å². The Balaban J connectivity index is 3.99. The molecule has 0 heterocycles. The van der Waals surface area contributed by atoms with E-state index in [0.29, 0.717) is 19.4 Å². The molecule has 0 N–H and O–H groups in total. The summed E-state index contributed by atoms with van der Waals surface area (Å²) in [4.78, 5) is 0. The van der Waals surface area contributed by atoms with Gasteiger partial charge in [-0.15, -0.1) is 0 Å². The van der Waals surface area contributed by atoms with Gasteiger partial charge in [0.05, 0.1) is 19.4 Å². The molecule has 0 aromatic rings. The van der Waals surface area contributed by atoms with E-state index in [-0.39, 0.29) is 0 Å². The maximum Gasteiger partial charge on any atom is 0.330 e. The molecule has 0 atom stereocenters. The van der Waals surface area contributed by atoms with Gasteiger partial charge < -0.3 is 9.05 Å². The lowest BCUT2D eigenvalue weighted by molar-refractivity contribution is 0.197. The Bertz CT molecular complexity index is 303. The minimum atomic E-state index is -2.88. The van der Waals surface area contributed by atoms with Gasteiger partial charge in [-0.2, -0.15) is 0 Å². The molecule has 0 radical (unpaired) electrons. The van der Waals surface area contributed by atoms with E-state index in [2.05, 4.69) is 20.8 Å². The van der Waals surface area contributed by atoms with Crippen LogP contribution in [-0.2, 0) is 13.6 Å². The highest BCUT2D eigenvalue weighted by molar-refractivity contribution is 7.53. The molecule has 0 rings (SSSR count). The minimum absolute atomic E-state index is 0.587. The van der Waals surface area contributed by atoms with Gasteiger partial charge in [0.25, 0.3) is 0 Å². The zero-order valence-electron chi connectivity index (χ0n) is 18.1. The van der Waals surface area contributed by atoms with Gasteiger partial charge in [-0.3, -0.25) is 4.57 Å². The van der Waals surface area contributed by atoms with Crippen molar-refractivity contribution in [3.8, 4) is 0 Å². The second-order valence-electron chi connectivity index (χ2n) is 7.60. The van der Waals surface area contributed by atoms with Crippen LogP contribution in [0, 0.1) is 0 Å². The normalized spacial score (nSPS) is 12.0. The average Bonchev–Trinajstić information content (AvgIpc) is 2.64. The summed E-state index contributed by atoms with van der Waals surface area (Å²) < 4.78 is 24.6. The van der Waals surface area contributed by atoms with Gasteiger partial charge >= 0.3 is 7.60 Å². The Morgan fingerprint density at radius 3 is 1.27 bits per heavy atom. The quantitative estimate of drug-likeness (QED) is 0.145. The molecular formula is C22H47O3P. The molecule has 0 saturated carbocycles. The van der Waals surface area contributed by atoms with Gasteiger partial charge in [-0.25, -0.2) is 0 Å². The van der Waals surface area contributed by atoms with Crippen molar-refractivity contribution in [1.82, 2.24) is 0 Å². The van der Waals surface area contributed by atoms with Crippen LogP contribution in [0.1, 0.15) is 124 Å². The van der Waals surface area contributed by atoms with Crippen LogP contribution < -0.4 is 0 Å². The summed E-state index contributed by atoms with van der Waals surface area (Å²) in [5.41, 5.74) is 0. The first-order valence-corrected chi connectivity index (χ1v) is 13.3. The van der Waals surface area contributed by atoms with Gasteiger partial charge in [-0.05, 0) is 19.3 Å². The van der Waals surface area contributed by atoms with Gasteiger partial charge in [0.1, 0.15) is 0 Å². The summed E-state index contributed by atoms with van der Waals surface area (Å²) in [6, 6.07) is 0. The lowest BCUT2D eigenvalue weighted by Crippen LogP contribution is -2.03. The van der Waals surface area contributed by atoms with Crippen molar-refractivity contribution in [3.63, 3.8) is 0 Å². The molecule has 0 aliphatic rings. The highest BCUT2D eigenvalue weighted by Gasteiger charge is 2.23. The lowest BCUT2D eigenvalue weighted by Gasteiger charge is -2.19. The van der Waals surface area contributed by atoms with E-state index in [1.54, 1.807) is 0 Å². The number of hydrogen-bond donors (Lipinski definition) is 0. The van der Waals surface area contributed by atoms with E-state index in [4.69, 9.17) is 9.05 Å². The van der Waals surface area contributed by atoms with E-state index < -0.39 is 7.60 Å². The molecule has 3 nitrogen and oxygen atoms in total. The Kier molecular flexibility index (Phi) is 20.0. The van der Waals surface area contributed by atoms with Crippen LogP contribution in [0.5, 0.6) is 0 Å². The maximum atomic E-state index is 13.0. The van der Waals surface area contributed by atoms with Crippen LogP contribution in [0.15, 0.2) is 0 Å². The van der Waals surface area contributed by atoms with Crippen molar-refractivity contribution in [2.24, 2.45) is 0 Å². The SMILES string of the molecule is CCCCCCCCCCP(=O)(OCCCCCC)OCCCCCC. The molecule has 0 saturated heterocycles. The highest BCUT2D eigenvalue weighted by atomic mass is 31.2. The molecule has 0 unspecified atom stereocenters. The molecule has 0 spiro atoms. The molecule has 158 valence electrons. The van der Waals surface area contributed by atoms with Crippen molar-refractivity contribution in [2.45, 2.75) is 124 Å². The fourth-order valence-electron chi connectivity index (χ4n) is 3.07. The van der Waals surface area contributed by atoms with E-state index in [1.807, 2.05) is 0 Å². The minimum Gasteiger partial charge on any atom is -0.309 e. The van der Waals surface area contributed by atoms with Crippen molar-refractivity contribution < 1.29 is 13.6 Å². The van der Waals surface area contributed by atoms with Crippen LogP contribution >= 0.6 is 7.60 Å². The summed E-state index contributed by atoms with van der Waals surface area (Å²) >= 11 is 0. The first-order valence-electron chi connectivity index (χ1n) is 11.6. The van der Waals surface area contributed by atoms with Gasteiger partial charge in [0.2, 0.25) is 0 Å². The second-order valence-corrected chi connectivity index (χ2v) is 9.78. The van der Waals surface area contributed by atoms with Gasteiger partial charge in [0.15, 0.2) is 0 Å². The Morgan fingerprint density at radius 1 is 0.500 bits per heavy atom. The van der Waals surface area contributed by atoms with Crippen LogP contribution in [0.4, 0.5) is 0 Å². The third-order valence-corrected chi connectivity index (χ3v) is 6.87. The summed E-state index contributed by atoms with van der Waals surface area (Å²) in [6.07, 6.45) is 19.8. The Morgan fingerprint density at radius 2 is 0.846 bits per heavy atom. The van der Waals surface area contributed by atoms with Crippen LogP contribution in [0.2, 0.25) is 0 Å². The zero-order chi connectivity index (χ0) is 19.3. The molecule has 0 aliphatic heterocycles. The summed E-state index contributed by atoms with van der Waals surface area (Å²) in [6.45, 7) is 7.83. The smallest absolute Gasteiger partial charge is 0.309 e. The first-order chi connectivity index (χ1) is 12.7. The maximum absolute atomic E-state index is 13.0.